The fraction of sp³-hybridized carbons (Fsp3) is 0.100. The molecular weight excluding hydrogens is 526 g/mol. The van der Waals surface area contributed by atoms with Gasteiger partial charge in [0.15, 0.2) is 0 Å². The molecule has 4 aromatic carbocycles. The smallest absolute Gasteiger partial charge is 0.297 e. The molecule has 6 aromatic rings. The minimum Gasteiger partial charge on any atom is -0.465 e. The molecule has 2 N–H and O–H groups in total. The van der Waals surface area contributed by atoms with Crippen LogP contribution in [-0.4, -0.2) is 42.7 Å². The second kappa shape index (κ2) is 11.0. The Morgan fingerprint density at radius 2 is 1.77 bits per heavy atom. The van der Waals surface area contributed by atoms with E-state index in [9.17, 15) is 4.79 Å². The molecule has 2 heterocycles. The number of fused-ring (bicyclic) bond motifs is 1. The fourth-order valence-electron chi connectivity index (χ4n) is 4.65. The van der Waals surface area contributed by atoms with Crippen molar-refractivity contribution in [1.29, 1.82) is 0 Å². The number of benzene rings is 4. The number of anilines is 1. The average molecular weight is 550 g/mol. The molecule has 10 heteroatoms. The van der Waals surface area contributed by atoms with Gasteiger partial charge in [0.2, 0.25) is 5.82 Å². The molecule has 9 nitrogen and oxygen atoms in total. The third-order valence-electron chi connectivity index (χ3n) is 6.46. The van der Waals surface area contributed by atoms with E-state index < -0.39 is 0 Å². The van der Waals surface area contributed by atoms with Crippen LogP contribution < -0.4 is 10.1 Å². The molecule has 6 rings (SSSR count). The van der Waals surface area contributed by atoms with Crippen molar-refractivity contribution in [3.63, 3.8) is 0 Å². The number of nitrogens with zero attached hydrogens (tertiary/aromatic N) is 5. The van der Waals surface area contributed by atoms with Gasteiger partial charge in [-0.1, -0.05) is 72.3 Å². The molecule has 0 aliphatic carbocycles. The number of amides is 1. The van der Waals surface area contributed by atoms with E-state index >= 15 is 0 Å². The number of nitrogens with one attached hydrogen (secondary N) is 2. The number of halogens is 1. The topological polar surface area (TPSA) is 111 Å². The van der Waals surface area contributed by atoms with Crippen LogP contribution in [0.1, 0.15) is 22.8 Å². The Morgan fingerprint density at radius 1 is 0.975 bits per heavy atom. The van der Waals surface area contributed by atoms with Gasteiger partial charge in [-0.25, -0.2) is 0 Å². The summed E-state index contributed by atoms with van der Waals surface area (Å²) in [7, 11) is 0. The van der Waals surface area contributed by atoms with Gasteiger partial charge in [-0.15, -0.1) is 10.2 Å². The van der Waals surface area contributed by atoms with E-state index in [1.165, 1.54) is 0 Å². The van der Waals surface area contributed by atoms with E-state index in [-0.39, 0.29) is 5.91 Å². The summed E-state index contributed by atoms with van der Waals surface area (Å²) in [6.07, 6.45) is 0. The Bertz CT molecular complexity index is 1800. The highest BCUT2D eigenvalue weighted by molar-refractivity contribution is 6.31. The highest BCUT2D eigenvalue weighted by Crippen LogP contribution is 2.32. The number of hydrogen-bond acceptors (Lipinski definition) is 6. The number of hydrogen-bond donors (Lipinski definition) is 2. The van der Waals surface area contributed by atoms with E-state index in [4.69, 9.17) is 21.3 Å². The first-order valence-corrected chi connectivity index (χ1v) is 13.1. The predicted molar refractivity (Wildman–Crippen MR) is 154 cm³/mol. The third kappa shape index (κ3) is 5.02. The molecule has 0 aliphatic heterocycles. The lowest BCUT2D eigenvalue weighted by molar-refractivity contribution is 0.102. The fourth-order valence-corrected chi connectivity index (χ4v) is 4.84. The van der Waals surface area contributed by atoms with E-state index in [0.717, 1.165) is 33.3 Å². The molecular formula is C30H24ClN7O2. The molecule has 0 fully saturated rings. The zero-order chi connectivity index (χ0) is 27.5. The molecule has 0 unspecified atom stereocenters. The van der Waals surface area contributed by atoms with E-state index in [1.54, 1.807) is 24.3 Å². The van der Waals surface area contributed by atoms with Gasteiger partial charge in [-0.05, 0) is 59.2 Å². The largest absolute Gasteiger partial charge is 0.465 e. The number of aromatic nitrogens is 6. The zero-order valence-corrected chi connectivity index (χ0v) is 22.3. The summed E-state index contributed by atoms with van der Waals surface area (Å²) in [6.45, 7) is 2.86. The van der Waals surface area contributed by atoms with Crippen LogP contribution in [0.4, 0.5) is 5.69 Å². The number of aromatic amines is 1. The average Bonchev–Trinajstić information content (AvgIpc) is 3.63. The van der Waals surface area contributed by atoms with Gasteiger partial charge in [0.1, 0.15) is 0 Å². The zero-order valence-electron chi connectivity index (χ0n) is 21.5. The summed E-state index contributed by atoms with van der Waals surface area (Å²) in [6, 6.07) is 29.2. The lowest BCUT2D eigenvalue weighted by atomic mass is 9.98. The maximum absolute atomic E-state index is 13.1. The lowest BCUT2D eigenvalue weighted by Crippen LogP contribution is -2.13. The monoisotopic (exact) mass is 549 g/mol. The quantitative estimate of drug-likeness (QED) is 0.233. The predicted octanol–water partition coefficient (Wildman–Crippen LogP) is 6.24. The second-order valence-electron chi connectivity index (χ2n) is 9.03. The summed E-state index contributed by atoms with van der Waals surface area (Å²) in [4.78, 5) is 17.8. The number of ether oxygens (including phenoxy) is 1. The number of para-hydroxylation sites is 1. The molecule has 0 saturated carbocycles. The van der Waals surface area contributed by atoms with E-state index in [2.05, 4.69) is 50.2 Å². The van der Waals surface area contributed by atoms with Gasteiger partial charge in [-0.2, -0.15) is 10.2 Å². The SMILES string of the molecule is CCOc1nc2cccc(NC(=O)c3cccc(Cl)c3)c2n1Cc1ccc(-c2ccccc2-c2nn[nH]n2)cc1. The highest BCUT2D eigenvalue weighted by Gasteiger charge is 2.18. The van der Waals surface area contributed by atoms with E-state index in [1.807, 2.05) is 54.0 Å². The van der Waals surface area contributed by atoms with Gasteiger partial charge in [0, 0.05) is 16.1 Å². The van der Waals surface area contributed by atoms with Gasteiger partial charge < -0.3 is 10.1 Å². The van der Waals surface area contributed by atoms with Gasteiger partial charge in [0.25, 0.3) is 11.9 Å². The Labute approximate surface area is 234 Å². The summed E-state index contributed by atoms with van der Waals surface area (Å²) in [5.41, 5.74) is 6.55. The number of tetrazole rings is 1. The number of H-pyrrole nitrogens is 1. The summed E-state index contributed by atoms with van der Waals surface area (Å²) >= 11 is 6.10. The molecule has 0 radical (unpaired) electrons. The number of carbonyl (C=O) groups is 1. The van der Waals surface area contributed by atoms with Crippen molar-refractivity contribution in [2.24, 2.45) is 0 Å². The molecule has 2 aromatic heterocycles. The third-order valence-corrected chi connectivity index (χ3v) is 6.69. The Hall–Kier alpha value is -5.02. The first-order chi connectivity index (χ1) is 19.6. The van der Waals surface area contributed by atoms with Gasteiger partial charge in [0.05, 0.1) is 29.9 Å². The van der Waals surface area contributed by atoms with Crippen molar-refractivity contribution >= 4 is 34.2 Å². The Balaban J connectivity index is 1.34. The van der Waals surface area contributed by atoms with Gasteiger partial charge in [-0.3, -0.25) is 9.36 Å². The van der Waals surface area contributed by atoms with Crippen LogP contribution in [0.15, 0.2) is 91.0 Å². The first kappa shape index (κ1) is 25.3. The highest BCUT2D eigenvalue weighted by atomic mass is 35.5. The summed E-state index contributed by atoms with van der Waals surface area (Å²) in [5, 5.41) is 18.0. The standard InChI is InChI=1S/C30H24ClN7O2/c1-2-40-30-33-26-12-6-11-25(32-29(39)21-7-5-8-22(31)17-21)27(26)38(30)18-19-13-15-20(16-14-19)23-9-3-4-10-24(23)28-34-36-37-35-28/h3-17H,2,18H2,1H3,(H,32,39)(H,34,35,36,37). The van der Waals surface area contributed by atoms with Crippen LogP contribution in [0.3, 0.4) is 0 Å². The van der Waals surface area contributed by atoms with Crippen LogP contribution in [0, 0.1) is 0 Å². The minimum atomic E-state index is -0.259. The molecule has 198 valence electrons. The Morgan fingerprint density at radius 3 is 2.52 bits per heavy atom. The Kier molecular flexibility index (Phi) is 6.95. The second-order valence-corrected chi connectivity index (χ2v) is 9.47. The van der Waals surface area contributed by atoms with Crippen molar-refractivity contribution in [1.82, 2.24) is 30.2 Å². The molecule has 0 aliphatic rings. The first-order valence-electron chi connectivity index (χ1n) is 12.7. The van der Waals surface area contributed by atoms with Crippen LogP contribution in [0.2, 0.25) is 5.02 Å². The minimum absolute atomic E-state index is 0.259. The van der Waals surface area contributed by atoms with Crippen LogP contribution >= 0.6 is 11.6 Å². The van der Waals surface area contributed by atoms with Crippen molar-refractivity contribution in [2.45, 2.75) is 13.5 Å². The normalized spacial score (nSPS) is 11.1. The van der Waals surface area contributed by atoms with Crippen LogP contribution in [-0.2, 0) is 6.54 Å². The van der Waals surface area contributed by atoms with Crippen molar-refractivity contribution in [3.8, 4) is 28.5 Å². The number of carbonyl (C=O) groups excluding carboxylic acids is 1. The molecule has 0 bridgehead atoms. The van der Waals surface area contributed by atoms with Crippen molar-refractivity contribution < 1.29 is 9.53 Å². The number of rotatable bonds is 8. The molecule has 1 amide bonds. The summed E-state index contributed by atoms with van der Waals surface area (Å²) < 4.78 is 7.88. The molecule has 0 spiro atoms. The number of imidazole rings is 1. The molecule has 40 heavy (non-hydrogen) atoms. The maximum Gasteiger partial charge on any atom is 0.297 e. The van der Waals surface area contributed by atoms with Gasteiger partial charge >= 0.3 is 0 Å². The maximum atomic E-state index is 13.1. The molecule has 0 saturated heterocycles. The van der Waals surface area contributed by atoms with Crippen molar-refractivity contribution in [2.75, 3.05) is 11.9 Å². The van der Waals surface area contributed by atoms with Crippen LogP contribution in [0.25, 0.3) is 33.5 Å². The lowest BCUT2D eigenvalue weighted by Gasteiger charge is -2.13. The van der Waals surface area contributed by atoms with Crippen molar-refractivity contribution in [3.05, 3.63) is 107 Å². The van der Waals surface area contributed by atoms with Crippen LogP contribution in [0.5, 0.6) is 6.01 Å². The summed E-state index contributed by atoms with van der Waals surface area (Å²) in [5.74, 6) is 0.281. The molecule has 0 atom stereocenters. The van der Waals surface area contributed by atoms with E-state index in [0.29, 0.717) is 41.3 Å².